The molecule has 0 aromatic carbocycles. The van der Waals surface area contributed by atoms with Crippen LogP contribution in [0.1, 0.15) is 88.5 Å². The Hall–Kier alpha value is -2.52. The van der Waals surface area contributed by atoms with E-state index in [1.54, 1.807) is 41.5 Å². The van der Waals surface area contributed by atoms with E-state index in [0.717, 1.165) is 12.8 Å². The Morgan fingerprint density at radius 3 is 1.44 bits per heavy atom. The molecule has 198 valence electrons. The molecule has 2 aliphatic carbocycles. The summed E-state index contributed by atoms with van der Waals surface area (Å²) in [5.74, 6) is -1.22. The summed E-state index contributed by atoms with van der Waals surface area (Å²) in [5, 5.41) is 14.2. The van der Waals surface area contributed by atoms with Crippen LogP contribution in [0.4, 0.5) is 9.59 Å². The van der Waals surface area contributed by atoms with Gasteiger partial charge in [-0.15, -0.1) is 0 Å². The second kappa shape index (κ2) is 11.3. The van der Waals surface area contributed by atoms with Crippen molar-refractivity contribution in [1.82, 2.24) is 10.6 Å². The summed E-state index contributed by atoms with van der Waals surface area (Å²) >= 11 is 0. The smallest absolute Gasteiger partial charge is 0.408 e. The first-order valence-corrected chi connectivity index (χ1v) is 11.3. The van der Waals surface area contributed by atoms with E-state index in [1.165, 1.54) is 7.11 Å². The van der Waals surface area contributed by atoms with E-state index in [-0.39, 0.29) is 19.3 Å². The van der Waals surface area contributed by atoms with Crippen LogP contribution in [0.3, 0.4) is 0 Å². The first-order chi connectivity index (χ1) is 15.0. The van der Waals surface area contributed by atoms with Crippen molar-refractivity contribution in [2.24, 2.45) is 11.8 Å². The van der Waals surface area contributed by atoms with Crippen LogP contribution < -0.4 is 10.6 Å². The van der Waals surface area contributed by atoms with Crippen LogP contribution in [-0.4, -0.2) is 58.6 Å². The number of esters is 1. The number of carbonyl (C=O) groups excluding carboxylic acids is 3. The molecular formula is C24H44N2O8. The number of carboxylic acids is 1. The van der Waals surface area contributed by atoms with Gasteiger partial charge in [0, 0.05) is 0 Å². The Morgan fingerprint density at radius 1 is 0.824 bits per heavy atom. The zero-order valence-corrected chi connectivity index (χ0v) is 21.3. The molecule has 10 heteroatoms. The highest BCUT2D eigenvalue weighted by atomic mass is 16.6. The summed E-state index contributed by atoms with van der Waals surface area (Å²) in [5.41, 5.74) is -3.15. The maximum atomic E-state index is 11.7. The number of amides is 2. The molecule has 0 saturated heterocycles. The topological polar surface area (TPSA) is 140 Å². The van der Waals surface area contributed by atoms with Gasteiger partial charge in [0.15, 0.2) is 0 Å². The molecule has 0 spiro atoms. The average molecular weight is 489 g/mol. The molecule has 4 atom stereocenters. The number of hydrogen-bond acceptors (Lipinski definition) is 7. The largest absolute Gasteiger partial charge is 0.479 e. The van der Waals surface area contributed by atoms with Crippen molar-refractivity contribution in [2.75, 3.05) is 7.11 Å². The lowest BCUT2D eigenvalue weighted by Gasteiger charge is -2.23. The van der Waals surface area contributed by atoms with Crippen molar-refractivity contribution in [3.05, 3.63) is 0 Å². The lowest BCUT2D eigenvalue weighted by atomic mass is 10.1. The number of alkyl carbamates (subject to hydrolysis) is 2. The van der Waals surface area contributed by atoms with Gasteiger partial charge in [-0.2, -0.15) is 0 Å². The summed E-state index contributed by atoms with van der Waals surface area (Å²) in [4.78, 5) is 45.9. The van der Waals surface area contributed by atoms with Gasteiger partial charge in [-0.25, -0.2) is 19.2 Å². The minimum Gasteiger partial charge on any atom is -0.479 e. The Bertz CT molecular complexity index is 755. The molecule has 34 heavy (non-hydrogen) atoms. The van der Waals surface area contributed by atoms with Gasteiger partial charge in [0.25, 0.3) is 0 Å². The molecule has 2 rings (SSSR count). The normalized spacial score (nSPS) is 27.0. The third-order valence-corrected chi connectivity index (χ3v) is 5.58. The van der Waals surface area contributed by atoms with Crippen LogP contribution in [0.2, 0.25) is 0 Å². The van der Waals surface area contributed by atoms with E-state index in [4.69, 9.17) is 19.3 Å². The van der Waals surface area contributed by atoms with Gasteiger partial charge >= 0.3 is 24.1 Å². The van der Waals surface area contributed by atoms with Crippen molar-refractivity contribution in [3.63, 3.8) is 0 Å². The zero-order chi connectivity index (χ0) is 25.8. The van der Waals surface area contributed by atoms with Crippen LogP contribution in [0, 0.1) is 11.8 Å². The number of carbonyl (C=O) groups is 4. The lowest BCUT2D eigenvalue weighted by Crippen LogP contribution is -2.47. The zero-order valence-electron chi connectivity index (χ0n) is 21.3. The monoisotopic (exact) mass is 488 g/mol. The first-order valence-electron chi connectivity index (χ1n) is 11.3. The fourth-order valence-electron chi connectivity index (χ4n) is 3.72. The van der Waals surface area contributed by atoms with E-state index < -0.39 is 46.4 Å². The number of hydrogen-bond donors (Lipinski definition) is 3. The molecule has 2 saturated carbocycles. The first kappa shape index (κ1) is 31.5. The fraction of sp³-hybridized carbons (Fsp3) is 0.833. The van der Waals surface area contributed by atoms with Crippen molar-refractivity contribution < 1.29 is 38.5 Å². The number of carboxylic acid groups (broad SMARTS) is 1. The van der Waals surface area contributed by atoms with E-state index in [9.17, 15) is 19.2 Å². The van der Waals surface area contributed by atoms with Gasteiger partial charge in [-0.05, 0) is 66.2 Å². The van der Waals surface area contributed by atoms with E-state index in [1.807, 2.05) is 13.8 Å². The Balaban J connectivity index is 0.000000623. The Kier molecular flexibility index (Phi) is 10.4. The number of ether oxygens (including phenoxy) is 3. The van der Waals surface area contributed by atoms with Crippen molar-refractivity contribution >= 4 is 24.1 Å². The van der Waals surface area contributed by atoms with Gasteiger partial charge in [-0.1, -0.05) is 34.1 Å². The van der Waals surface area contributed by atoms with Crippen LogP contribution in [0.15, 0.2) is 0 Å². The molecule has 10 nitrogen and oxygen atoms in total. The second-order valence-corrected chi connectivity index (χ2v) is 10.6. The molecule has 0 bridgehead atoms. The van der Waals surface area contributed by atoms with Crippen molar-refractivity contribution in [2.45, 2.75) is 111 Å². The molecule has 0 aromatic heterocycles. The van der Waals surface area contributed by atoms with Crippen molar-refractivity contribution in [1.29, 1.82) is 0 Å². The quantitative estimate of drug-likeness (QED) is 0.372. The molecule has 4 unspecified atom stereocenters. The minimum atomic E-state index is -1.10. The van der Waals surface area contributed by atoms with Gasteiger partial charge in [0.05, 0.1) is 7.11 Å². The predicted molar refractivity (Wildman–Crippen MR) is 127 cm³/mol. The average Bonchev–Trinajstić information content (AvgIpc) is 3.53. The highest BCUT2D eigenvalue weighted by molar-refractivity contribution is 5.89. The highest BCUT2D eigenvalue weighted by Crippen LogP contribution is 2.47. The summed E-state index contributed by atoms with van der Waals surface area (Å²) in [6.07, 6.45) is 1.44. The standard InChI is InChI=1S/C12H21NO4.C11H19NO4.CH4/c1-6-8-7-12(8,9(14)16-5)13-10(15)17-11(2,3)4;1-5-7-6-11(7,8(13)14)12-9(15)16-10(2,3)4;/h8H,6-7H2,1-5H3,(H,13,15);7H,5-6H2,1-4H3,(H,12,15)(H,13,14);1H4. The third kappa shape index (κ3) is 8.36. The van der Waals surface area contributed by atoms with Crippen molar-refractivity contribution in [3.8, 4) is 0 Å². The molecule has 2 fully saturated rings. The molecule has 0 aliphatic heterocycles. The molecule has 3 N–H and O–H groups in total. The van der Waals surface area contributed by atoms with E-state index in [0.29, 0.717) is 12.8 Å². The maximum absolute atomic E-state index is 11.7. The van der Waals surface area contributed by atoms with Gasteiger partial charge in [-0.3, -0.25) is 0 Å². The predicted octanol–water partition coefficient (Wildman–Crippen LogP) is 4.25. The van der Waals surface area contributed by atoms with E-state index in [2.05, 4.69) is 10.6 Å². The van der Waals surface area contributed by atoms with Crippen LogP contribution in [0.5, 0.6) is 0 Å². The van der Waals surface area contributed by atoms with Crippen LogP contribution in [-0.2, 0) is 23.8 Å². The SMILES string of the molecule is C.CCC1CC1(NC(=O)OC(C)(C)C)C(=O)O.CCC1CC1(NC(=O)OC(C)(C)C)C(=O)OC. The van der Waals surface area contributed by atoms with Gasteiger partial charge in [0.2, 0.25) is 0 Å². The maximum Gasteiger partial charge on any atom is 0.408 e. The summed E-state index contributed by atoms with van der Waals surface area (Å²) in [7, 11) is 1.33. The molecule has 0 radical (unpaired) electrons. The molecular weight excluding hydrogens is 444 g/mol. The van der Waals surface area contributed by atoms with Gasteiger partial charge < -0.3 is 30.0 Å². The second-order valence-electron chi connectivity index (χ2n) is 10.6. The number of methoxy groups -OCH3 is 1. The van der Waals surface area contributed by atoms with Gasteiger partial charge in [0.1, 0.15) is 22.3 Å². The Morgan fingerprint density at radius 2 is 1.18 bits per heavy atom. The van der Waals surface area contributed by atoms with E-state index >= 15 is 0 Å². The van der Waals surface area contributed by atoms with Crippen LogP contribution in [0.25, 0.3) is 0 Å². The molecule has 0 aromatic rings. The van der Waals surface area contributed by atoms with Crippen LogP contribution >= 0.6 is 0 Å². The number of aliphatic carboxylic acids is 1. The highest BCUT2D eigenvalue weighted by Gasteiger charge is 2.62. The Labute approximate surface area is 203 Å². The summed E-state index contributed by atoms with van der Waals surface area (Å²) in [6.45, 7) is 14.4. The summed E-state index contributed by atoms with van der Waals surface area (Å²) < 4.78 is 14.9. The number of nitrogens with one attached hydrogen (secondary N) is 2. The molecule has 0 heterocycles. The fourth-order valence-corrected chi connectivity index (χ4v) is 3.72. The third-order valence-electron chi connectivity index (χ3n) is 5.58. The summed E-state index contributed by atoms with van der Waals surface area (Å²) in [6, 6.07) is 0. The number of rotatable bonds is 6. The minimum absolute atomic E-state index is 0. The molecule has 2 amide bonds. The molecule has 2 aliphatic rings. The lowest BCUT2D eigenvalue weighted by molar-refractivity contribution is -0.145.